The van der Waals surface area contributed by atoms with E-state index in [1.54, 1.807) is 0 Å². The SMILES string of the molecule is CCc1cc(CC(C)C)n(Cc2ccccc2)c1C. The Bertz CT molecular complexity index is 520. The maximum atomic E-state index is 2.49. The first-order valence-electron chi connectivity index (χ1n) is 7.33. The van der Waals surface area contributed by atoms with Gasteiger partial charge in [0.05, 0.1) is 0 Å². The summed E-state index contributed by atoms with van der Waals surface area (Å²) in [6, 6.07) is 13.2. The van der Waals surface area contributed by atoms with Gasteiger partial charge in [0.2, 0.25) is 0 Å². The highest BCUT2D eigenvalue weighted by Gasteiger charge is 2.12. The minimum absolute atomic E-state index is 0.702. The Labute approximate surface area is 117 Å². The highest BCUT2D eigenvalue weighted by Crippen LogP contribution is 2.20. The maximum absolute atomic E-state index is 2.49. The first kappa shape index (κ1) is 13.9. The molecule has 0 atom stereocenters. The van der Waals surface area contributed by atoms with Gasteiger partial charge in [0.25, 0.3) is 0 Å². The number of hydrogen-bond acceptors (Lipinski definition) is 0. The van der Waals surface area contributed by atoms with E-state index in [1.807, 2.05) is 0 Å². The van der Waals surface area contributed by atoms with Gasteiger partial charge in [0.1, 0.15) is 0 Å². The molecule has 0 N–H and O–H groups in total. The van der Waals surface area contributed by atoms with Crippen molar-refractivity contribution in [3.63, 3.8) is 0 Å². The lowest BCUT2D eigenvalue weighted by Crippen LogP contribution is -2.08. The van der Waals surface area contributed by atoms with Gasteiger partial charge in [-0.05, 0) is 42.9 Å². The molecule has 0 amide bonds. The molecule has 0 saturated carbocycles. The zero-order valence-electron chi connectivity index (χ0n) is 12.6. The van der Waals surface area contributed by atoms with Crippen molar-refractivity contribution in [1.29, 1.82) is 0 Å². The van der Waals surface area contributed by atoms with Crippen LogP contribution in [0.3, 0.4) is 0 Å². The smallest absolute Gasteiger partial charge is 0.0475 e. The molecule has 1 aromatic heterocycles. The molecule has 0 fully saturated rings. The molecular weight excluding hydrogens is 230 g/mol. The van der Waals surface area contributed by atoms with Crippen LogP contribution in [-0.4, -0.2) is 4.57 Å². The third-order valence-electron chi connectivity index (χ3n) is 3.74. The van der Waals surface area contributed by atoms with Crippen LogP contribution in [-0.2, 0) is 19.4 Å². The quantitative estimate of drug-likeness (QED) is 0.735. The zero-order chi connectivity index (χ0) is 13.8. The molecule has 0 radical (unpaired) electrons. The monoisotopic (exact) mass is 255 g/mol. The van der Waals surface area contributed by atoms with Crippen LogP contribution in [0.5, 0.6) is 0 Å². The average Bonchev–Trinajstić information content (AvgIpc) is 2.67. The van der Waals surface area contributed by atoms with Gasteiger partial charge in [0, 0.05) is 17.9 Å². The van der Waals surface area contributed by atoms with E-state index in [1.165, 1.54) is 22.5 Å². The number of benzene rings is 1. The van der Waals surface area contributed by atoms with Crippen LogP contribution < -0.4 is 0 Å². The summed E-state index contributed by atoms with van der Waals surface area (Å²) < 4.78 is 2.49. The molecule has 0 bridgehead atoms. The zero-order valence-corrected chi connectivity index (χ0v) is 12.6. The normalized spacial score (nSPS) is 11.2. The predicted molar refractivity (Wildman–Crippen MR) is 82.6 cm³/mol. The van der Waals surface area contributed by atoms with Crippen molar-refractivity contribution < 1.29 is 0 Å². The third-order valence-corrected chi connectivity index (χ3v) is 3.74. The van der Waals surface area contributed by atoms with Crippen LogP contribution >= 0.6 is 0 Å². The fraction of sp³-hybridized carbons (Fsp3) is 0.444. The second-order valence-electron chi connectivity index (χ2n) is 5.77. The molecule has 0 aliphatic rings. The van der Waals surface area contributed by atoms with Gasteiger partial charge in [0.15, 0.2) is 0 Å². The van der Waals surface area contributed by atoms with Gasteiger partial charge in [-0.15, -0.1) is 0 Å². The highest BCUT2D eigenvalue weighted by atomic mass is 15.0. The van der Waals surface area contributed by atoms with E-state index < -0.39 is 0 Å². The van der Waals surface area contributed by atoms with E-state index in [0.29, 0.717) is 5.92 Å². The topological polar surface area (TPSA) is 4.93 Å². The van der Waals surface area contributed by atoms with E-state index in [0.717, 1.165) is 19.4 Å². The number of hydrogen-bond donors (Lipinski definition) is 0. The van der Waals surface area contributed by atoms with Crippen LogP contribution in [0.15, 0.2) is 36.4 Å². The second kappa shape index (κ2) is 6.10. The summed E-state index contributed by atoms with van der Waals surface area (Å²) in [5.74, 6) is 0.702. The highest BCUT2D eigenvalue weighted by molar-refractivity contribution is 5.29. The molecule has 2 aromatic rings. The van der Waals surface area contributed by atoms with Gasteiger partial charge < -0.3 is 4.57 Å². The van der Waals surface area contributed by atoms with Gasteiger partial charge in [-0.25, -0.2) is 0 Å². The Morgan fingerprint density at radius 2 is 1.79 bits per heavy atom. The lowest BCUT2D eigenvalue weighted by Gasteiger charge is -2.13. The molecule has 0 spiro atoms. The fourth-order valence-corrected chi connectivity index (χ4v) is 2.70. The molecule has 0 aliphatic carbocycles. The Kier molecular flexibility index (Phi) is 4.47. The van der Waals surface area contributed by atoms with Crippen molar-refractivity contribution in [3.05, 3.63) is 58.9 Å². The fourth-order valence-electron chi connectivity index (χ4n) is 2.70. The Morgan fingerprint density at radius 3 is 2.37 bits per heavy atom. The third kappa shape index (κ3) is 3.28. The van der Waals surface area contributed by atoms with Crippen LogP contribution in [0.1, 0.15) is 43.3 Å². The summed E-state index contributed by atoms with van der Waals surface area (Å²) >= 11 is 0. The minimum atomic E-state index is 0.702. The summed E-state index contributed by atoms with van der Waals surface area (Å²) in [4.78, 5) is 0. The summed E-state index contributed by atoms with van der Waals surface area (Å²) in [7, 11) is 0. The molecule has 1 heterocycles. The maximum Gasteiger partial charge on any atom is 0.0475 e. The van der Waals surface area contributed by atoms with Gasteiger partial charge in [-0.2, -0.15) is 0 Å². The molecule has 1 aromatic carbocycles. The molecule has 19 heavy (non-hydrogen) atoms. The molecule has 1 heteroatoms. The predicted octanol–water partition coefficient (Wildman–Crippen LogP) is 4.61. The molecular formula is C18H25N. The van der Waals surface area contributed by atoms with Crippen molar-refractivity contribution in [2.45, 2.75) is 47.1 Å². The van der Waals surface area contributed by atoms with Crippen LogP contribution in [0.4, 0.5) is 0 Å². The summed E-state index contributed by atoms with van der Waals surface area (Å²) in [6.45, 7) is 10.1. The minimum Gasteiger partial charge on any atom is -0.344 e. The van der Waals surface area contributed by atoms with Gasteiger partial charge >= 0.3 is 0 Å². The molecule has 1 nitrogen and oxygen atoms in total. The second-order valence-corrected chi connectivity index (χ2v) is 5.77. The van der Waals surface area contributed by atoms with Gasteiger partial charge in [-0.3, -0.25) is 0 Å². The van der Waals surface area contributed by atoms with E-state index in [4.69, 9.17) is 0 Å². The van der Waals surface area contributed by atoms with Crippen LogP contribution in [0.25, 0.3) is 0 Å². The van der Waals surface area contributed by atoms with Gasteiger partial charge in [-0.1, -0.05) is 51.1 Å². The van der Waals surface area contributed by atoms with Crippen LogP contribution in [0, 0.1) is 12.8 Å². The van der Waals surface area contributed by atoms with E-state index in [9.17, 15) is 0 Å². The summed E-state index contributed by atoms with van der Waals surface area (Å²) in [5.41, 5.74) is 5.79. The lowest BCUT2D eigenvalue weighted by molar-refractivity contribution is 0.599. The summed E-state index contributed by atoms with van der Waals surface area (Å²) in [5, 5.41) is 0. The Hall–Kier alpha value is -1.50. The van der Waals surface area contributed by atoms with Crippen molar-refractivity contribution in [2.24, 2.45) is 5.92 Å². The average molecular weight is 255 g/mol. The van der Waals surface area contributed by atoms with Crippen molar-refractivity contribution in [3.8, 4) is 0 Å². The van der Waals surface area contributed by atoms with E-state index >= 15 is 0 Å². The van der Waals surface area contributed by atoms with E-state index in [2.05, 4.69) is 68.7 Å². The first-order chi connectivity index (χ1) is 9.11. The molecule has 0 unspecified atom stereocenters. The van der Waals surface area contributed by atoms with Crippen molar-refractivity contribution >= 4 is 0 Å². The number of rotatable bonds is 5. The number of nitrogens with zero attached hydrogens (tertiary/aromatic N) is 1. The van der Waals surface area contributed by atoms with Crippen LogP contribution in [0.2, 0.25) is 0 Å². The van der Waals surface area contributed by atoms with E-state index in [-0.39, 0.29) is 0 Å². The molecule has 102 valence electrons. The summed E-state index contributed by atoms with van der Waals surface area (Å²) in [6.07, 6.45) is 2.28. The standard InChI is InChI=1S/C18H25N/c1-5-17-12-18(11-14(2)3)19(15(17)4)13-16-9-7-6-8-10-16/h6-10,12,14H,5,11,13H2,1-4H3. The first-order valence-corrected chi connectivity index (χ1v) is 7.33. The van der Waals surface area contributed by atoms with Crippen molar-refractivity contribution in [1.82, 2.24) is 4.57 Å². The largest absolute Gasteiger partial charge is 0.344 e. The van der Waals surface area contributed by atoms with Crippen molar-refractivity contribution in [2.75, 3.05) is 0 Å². The molecule has 0 aliphatic heterocycles. The Balaban J connectivity index is 2.34. The number of aryl methyl sites for hydroxylation is 1. The Morgan fingerprint density at radius 1 is 1.11 bits per heavy atom. The number of aromatic nitrogens is 1. The molecule has 0 saturated heterocycles. The molecule has 2 rings (SSSR count). The lowest BCUT2D eigenvalue weighted by atomic mass is 10.1.